The van der Waals surface area contributed by atoms with Gasteiger partial charge < -0.3 is 16.0 Å². The molecule has 3 N–H and O–H groups in total. The van der Waals surface area contributed by atoms with Gasteiger partial charge in [0.05, 0.1) is 16.1 Å². The number of aromatic nitrogens is 1. The highest BCUT2D eigenvalue weighted by molar-refractivity contribution is 6.38. The summed E-state index contributed by atoms with van der Waals surface area (Å²) in [4.78, 5) is 17.0. The summed E-state index contributed by atoms with van der Waals surface area (Å²) in [5.41, 5.74) is 1.60. The minimum Gasteiger partial charge on any atom is -0.367 e. The fraction of sp³-hybridized carbons (Fsp3) is 0.350. The van der Waals surface area contributed by atoms with E-state index in [1.165, 1.54) is 25.5 Å². The Kier molecular flexibility index (Phi) is 6.34. The zero-order valence-electron chi connectivity index (χ0n) is 15.1. The lowest BCUT2D eigenvalue weighted by Gasteiger charge is -2.25. The first kappa shape index (κ1) is 19.6. The minimum atomic E-state index is -0.374. The lowest BCUT2D eigenvalue weighted by atomic mass is 9.95. The van der Waals surface area contributed by atoms with Crippen LogP contribution in [-0.4, -0.2) is 22.6 Å². The number of nitrogens with zero attached hydrogens (tertiary/aromatic N) is 1. The summed E-state index contributed by atoms with van der Waals surface area (Å²) < 4.78 is 0. The van der Waals surface area contributed by atoms with Gasteiger partial charge in [-0.25, -0.2) is 4.98 Å². The molecule has 2 aromatic rings. The second-order valence-electron chi connectivity index (χ2n) is 6.77. The largest absolute Gasteiger partial charge is 0.367 e. The van der Waals surface area contributed by atoms with Crippen LogP contribution in [0.1, 0.15) is 54.9 Å². The summed E-state index contributed by atoms with van der Waals surface area (Å²) in [7, 11) is 0. The molecule has 1 aliphatic carbocycles. The van der Waals surface area contributed by atoms with E-state index >= 15 is 0 Å². The molecular formula is C20H22Cl2N4O. The average molecular weight is 405 g/mol. The van der Waals surface area contributed by atoms with E-state index in [1.54, 1.807) is 31.2 Å². The van der Waals surface area contributed by atoms with Gasteiger partial charge in [0.25, 0.3) is 5.91 Å². The molecule has 7 heteroatoms. The molecule has 1 aromatic heterocycles. The SMILES string of the molecule is CC(=N)c1c(NC2CCCCC2)ncc(C(=O)Nc2ccc(Cl)cc2)c1Cl. The number of carbonyl (C=O) groups excluding carboxylic acids is 1. The Morgan fingerprint density at radius 3 is 2.44 bits per heavy atom. The van der Waals surface area contributed by atoms with Crippen molar-refractivity contribution in [3.63, 3.8) is 0 Å². The summed E-state index contributed by atoms with van der Waals surface area (Å²) in [5.74, 6) is 0.198. The van der Waals surface area contributed by atoms with E-state index in [1.807, 2.05) is 0 Å². The number of nitrogens with one attached hydrogen (secondary N) is 3. The first-order valence-electron chi connectivity index (χ1n) is 9.03. The maximum atomic E-state index is 12.6. The summed E-state index contributed by atoms with van der Waals surface area (Å²) >= 11 is 12.4. The topological polar surface area (TPSA) is 77.9 Å². The molecular weight excluding hydrogens is 383 g/mol. The van der Waals surface area contributed by atoms with Crippen LogP contribution in [0.25, 0.3) is 0 Å². The van der Waals surface area contributed by atoms with Crippen molar-refractivity contribution in [1.82, 2.24) is 4.98 Å². The number of rotatable bonds is 5. The van der Waals surface area contributed by atoms with E-state index < -0.39 is 0 Å². The molecule has 1 heterocycles. The molecule has 5 nitrogen and oxygen atoms in total. The van der Waals surface area contributed by atoms with Crippen molar-refractivity contribution >= 4 is 46.3 Å². The second-order valence-corrected chi connectivity index (χ2v) is 7.59. The van der Waals surface area contributed by atoms with Crippen molar-refractivity contribution in [1.29, 1.82) is 5.41 Å². The van der Waals surface area contributed by atoms with Crippen LogP contribution >= 0.6 is 23.2 Å². The molecule has 0 unspecified atom stereocenters. The van der Waals surface area contributed by atoms with Gasteiger partial charge in [0.1, 0.15) is 5.82 Å². The molecule has 1 saturated carbocycles. The fourth-order valence-electron chi connectivity index (χ4n) is 3.27. The average Bonchev–Trinajstić information content (AvgIpc) is 2.64. The van der Waals surface area contributed by atoms with Gasteiger partial charge in [-0.3, -0.25) is 4.79 Å². The Morgan fingerprint density at radius 1 is 1.15 bits per heavy atom. The van der Waals surface area contributed by atoms with Crippen molar-refractivity contribution < 1.29 is 4.79 Å². The molecule has 0 radical (unpaired) electrons. The molecule has 1 aliphatic rings. The molecule has 0 spiro atoms. The van der Waals surface area contributed by atoms with Crippen LogP contribution in [0, 0.1) is 5.41 Å². The van der Waals surface area contributed by atoms with Crippen molar-refractivity contribution in [3.8, 4) is 0 Å². The van der Waals surface area contributed by atoms with Crippen LogP contribution in [0.2, 0.25) is 10.0 Å². The van der Waals surface area contributed by atoms with E-state index in [4.69, 9.17) is 28.6 Å². The van der Waals surface area contributed by atoms with Gasteiger partial charge in [-0.05, 0) is 44.0 Å². The number of hydrogen-bond donors (Lipinski definition) is 3. The molecule has 0 bridgehead atoms. The van der Waals surface area contributed by atoms with E-state index in [9.17, 15) is 4.79 Å². The molecule has 1 fully saturated rings. The summed E-state index contributed by atoms with van der Waals surface area (Å²) in [6, 6.07) is 7.14. The Bertz CT molecular complexity index is 846. The summed E-state index contributed by atoms with van der Waals surface area (Å²) in [6.45, 7) is 1.65. The molecule has 1 amide bonds. The zero-order valence-corrected chi connectivity index (χ0v) is 16.6. The number of amides is 1. The second kappa shape index (κ2) is 8.72. The molecule has 142 valence electrons. The van der Waals surface area contributed by atoms with Gasteiger partial charge in [-0.2, -0.15) is 0 Å². The molecule has 1 aromatic carbocycles. The Balaban J connectivity index is 1.85. The van der Waals surface area contributed by atoms with Crippen LogP contribution in [0.15, 0.2) is 30.5 Å². The van der Waals surface area contributed by atoms with E-state index in [2.05, 4.69) is 15.6 Å². The number of anilines is 2. The van der Waals surface area contributed by atoms with Crippen molar-refractivity contribution in [3.05, 3.63) is 51.6 Å². The molecule has 0 aliphatic heterocycles. The Morgan fingerprint density at radius 2 is 1.81 bits per heavy atom. The van der Waals surface area contributed by atoms with Gasteiger partial charge in [-0.15, -0.1) is 0 Å². The highest BCUT2D eigenvalue weighted by atomic mass is 35.5. The van der Waals surface area contributed by atoms with Crippen LogP contribution in [0.5, 0.6) is 0 Å². The van der Waals surface area contributed by atoms with Gasteiger partial charge in [0.15, 0.2) is 0 Å². The molecule has 27 heavy (non-hydrogen) atoms. The van der Waals surface area contributed by atoms with Crippen LogP contribution < -0.4 is 10.6 Å². The predicted octanol–water partition coefficient (Wildman–Crippen LogP) is 5.77. The number of pyridine rings is 1. The maximum Gasteiger partial charge on any atom is 0.258 e. The third-order valence-corrected chi connectivity index (χ3v) is 5.33. The third kappa shape index (κ3) is 4.79. The van der Waals surface area contributed by atoms with Gasteiger partial charge in [-0.1, -0.05) is 42.5 Å². The zero-order chi connectivity index (χ0) is 19.4. The smallest absolute Gasteiger partial charge is 0.258 e. The van der Waals surface area contributed by atoms with E-state index in [0.29, 0.717) is 28.1 Å². The van der Waals surface area contributed by atoms with Crippen LogP contribution in [0.3, 0.4) is 0 Å². The van der Waals surface area contributed by atoms with E-state index in [-0.39, 0.29) is 22.2 Å². The number of carbonyl (C=O) groups is 1. The standard InChI is InChI=1S/C20H22Cl2N4O/c1-12(23)17-18(22)16(20(27)26-15-9-7-13(21)8-10-15)11-24-19(17)25-14-5-3-2-4-6-14/h7-11,14,23H,2-6H2,1H3,(H,24,25)(H,26,27). The number of halogens is 2. The third-order valence-electron chi connectivity index (χ3n) is 4.68. The van der Waals surface area contributed by atoms with Crippen molar-refractivity contribution in [2.24, 2.45) is 0 Å². The lowest BCUT2D eigenvalue weighted by Crippen LogP contribution is -2.25. The summed E-state index contributed by atoms with van der Waals surface area (Å²) in [6.07, 6.45) is 7.25. The highest BCUT2D eigenvalue weighted by Gasteiger charge is 2.22. The normalized spacial score (nSPS) is 14.6. The first-order chi connectivity index (χ1) is 13.0. The lowest BCUT2D eigenvalue weighted by molar-refractivity contribution is 0.102. The monoisotopic (exact) mass is 404 g/mol. The highest BCUT2D eigenvalue weighted by Crippen LogP contribution is 2.30. The fourth-order valence-corrected chi connectivity index (χ4v) is 3.76. The van der Waals surface area contributed by atoms with Gasteiger partial charge in [0.2, 0.25) is 0 Å². The van der Waals surface area contributed by atoms with Crippen LogP contribution in [0.4, 0.5) is 11.5 Å². The summed E-state index contributed by atoms with van der Waals surface area (Å²) in [5, 5.41) is 15.1. The number of hydrogen-bond acceptors (Lipinski definition) is 4. The van der Waals surface area contributed by atoms with Crippen molar-refractivity contribution in [2.45, 2.75) is 45.1 Å². The Hall–Kier alpha value is -2.11. The molecule has 0 atom stereocenters. The van der Waals surface area contributed by atoms with Gasteiger partial charge >= 0.3 is 0 Å². The quantitative estimate of drug-likeness (QED) is 0.553. The van der Waals surface area contributed by atoms with E-state index in [0.717, 1.165) is 12.8 Å². The minimum absolute atomic E-state index is 0.238. The Labute approximate surface area is 169 Å². The maximum absolute atomic E-state index is 12.6. The molecule has 0 saturated heterocycles. The number of benzene rings is 1. The molecule has 3 rings (SSSR count). The van der Waals surface area contributed by atoms with Crippen LogP contribution in [-0.2, 0) is 0 Å². The van der Waals surface area contributed by atoms with Crippen molar-refractivity contribution in [2.75, 3.05) is 10.6 Å². The van der Waals surface area contributed by atoms with Gasteiger partial charge in [0, 0.05) is 28.7 Å². The first-order valence-corrected chi connectivity index (χ1v) is 9.79. The predicted molar refractivity (Wildman–Crippen MR) is 112 cm³/mol.